The Hall–Kier alpha value is -1.09. The van der Waals surface area contributed by atoms with E-state index in [9.17, 15) is 0 Å². The zero-order valence-electron chi connectivity index (χ0n) is 10.2. The predicted octanol–water partition coefficient (Wildman–Crippen LogP) is 2.37. The Bertz CT molecular complexity index is 312. The number of piperidine rings is 1. The molecule has 3 nitrogen and oxygen atoms in total. The SMILES string of the molecule is CCN1CCC(Nc2cccnc2)CC1C. The average Bonchev–Trinajstić information content (AvgIpc) is 2.31. The molecule has 0 spiro atoms. The molecule has 0 amide bonds. The molecule has 88 valence electrons. The summed E-state index contributed by atoms with van der Waals surface area (Å²) in [6.07, 6.45) is 6.17. The molecular formula is C13H21N3. The molecule has 16 heavy (non-hydrogen) atoms. The quantitative estimate of drug-likeness (QED) is 0.846. The van der Waals surface area contributed by atoms with Gasteiger partial charge in [0.25, 0.3) is 0 Å². The zero-order valence-corrected chi connectivity index (χ0v) is 10.2. The fourth-order valence-corrected chi connectivity index (χ4v) is 2.51. The van der Waals surface area contributed by atoms with Gasteiger partial charge in [0.1, 0.15) is 0 Å². The summed E-state index contributed by atoms with van der Waals surface area (Å²) in [5.41, 5.74) is 1.14. The van der Waals surface area contributed by atoms with E-state index in [0.29, 0.717) is 12.1 Å². The lowest BCUT2D eigenvalue weighted by Crippen LogP contribution is -2.44. The van der Waals surface area contributed by atoms with Gasteiger partial charge in [0.15, 0.2) is 0 Å². The van der Waals surface area contributed by atoms with Crippen LogP contribution in [0.15, 0.2) is 24.5 Å². The Kier molecular flexibility index (Phi) is 3.78. The molecule has 0 aliphatic carbocycles. The number of hydrogen-bond donors (Lipinski definition) is 1. The maximum Gasteiger partial charge on any atom is 0.0528 e. The van der Waals surface area contributed by atoms with E-state index in [0.717, 1.165) is 5.69 Å². The lowest BCUT2D eigenvalue weighted by Gasteiger charge is -2.37. The number of hydrogen-bond acceptors (Lipinski definition) is 3. The summed E-state index contributed by atoms with van der Waals surface area (Å²) in [5, 5.41) is 3.57. The number of anilines is 1. The van der Waals surface area contributed by atoms with E-state index in [2.05, 4.69) is 35.1 Å². The molecule has 0 aromatic carbocycles. The standard InChI is InChI=1S/C13H21N3/c1-3-16-8-6-12(9-11(16)2)15-13-5-4-7-14-10-13/h4-5,7,10-12,15H,3,6,8-9H2,1-2H3. The number of nitrogens with zero attached hydrogens (tertiary/aromatic N) is 2. The minimum Gasteiger partial charge on any atom is -0.381 e. The van der Waals surface area contributed by atoms with Gasteiger partial charge in [-0.05, 0) is 38.4 Å². The van der Waals surface area contributed by atoms with E-state index in [1.807, 2.05) is 18.5 Å². The van der Waals surface area contributed by atoms with Crippen LogP contribution >= 0.6 is 0 Å². The Morgan fingerprint density at radius 2 is 2.44 bits per heavy atom. The molecule has 0 bridgehead atoms. The van der Waals surface area contributed by atoms with Gasteiger partial charge >= 0.3 is 0 Å². The largest absolute Gasteiger partial charge is 0.381 e. The molecule has 2 unspecified atom stereocenters. The van der Waals surface area contributed by atoms with Gasteiger partial charge in [-0.15, -0.1) is 0 Å². The van der Waals surface area contributed by atoms with Crippen LogP contribution in [0.2, 0.25) is 0 Å². The van der Waals surface area contributed by atoms with Crippen molar-refractivity contribution in [3.05, 3.63) is 24.5 Å². The number of pyridine rings is 1. The molecule has 1 fully saturated rings. The Labute approximate surface area is 97.9 Å². The molecule has 2 atom stereocenters. The lowest BCUT2D eigenvalue weighted by molar-refractivity contribution is 0.161. The Morgan fingerprint density at radius 1 is 1.56 bits per heavy atom. The third-order valence-corrected chi connectivity index (χ3v) is 3.45. The molecular weight excluding hydrogens is 198 g/mol. The van der Waals surface area contributed by atoms with Gasteiger partial charge in [-0.3, -0.25) is 4.98 Å². The molecule has 2 rings (SSSR count). The van der Waals surface area contributed by atoms with Crippen molar-refractivity contribution in [1.82, 2.24) is 9.88 Å². The topological polar surface area (TPSA) is 28.2 Å². The summed E-state index contributed by atoms with van der Waals surface area (Å²) in [6.45, 7) is 6.93. The van der Waals surface area contributed by atoms with Crippen molar-refractivity contribution in [3.63, 3.8) is 0 Å². The van der Waals surface area contributed by atoms with Crippen LogP contribution in [0.25, 0.3) is 0 Å². The van der Waals surface area contributed by atoms with Crippen molar-refractivity contribution >= 4 is 5.69 Å². The van der Waals surface area contributed by atoms with E-state index in [1.165, 1.54) is 25.9 Å². The summed E-state index contributed by atoms with van der Waals surface area (Å²) in [7, 11) is 0. The molecule has 3 heteroatoms. The van der Waals surface area contributed by atoms with Crippen LogP contribution in [-0.2, 0) is 0 Å². The summed E-state index contributed by atoms with van der Waals surface area (Å²) >= 11 is 0. The maximum atomic E-state index is 4.13. The minimum absolute atomic E-state index is 0.599. The van der Waals surface area contributed by atoms with Crippen molar-refractivity contribution < 1.29 is 0 Å². The fraction of sp³-hybridized carbons (Fsp3) is 0.615. The third-order valence-electron chi connectivity index (χ3n) is 3.45. The molecule has 0 radical (unpaired) electrons. The summed E-state index contributed by atoms with van der Waals surface area (Å²) in [5.74, 6) is 0. The van der Waals surface area contributed by atoms with Gasteiger partial charge in [-0.1, -0.05) is 6.92 Å². The summed E-state index contributed by atoms with van der Waals surface area (Å²) < 4.78 is 0. The van der Waals surface area contributed by atoms with Crippen molar-refractivity contribution in [2.75, 3.05) is 18.4 Å². The molecule has 1 aliphatic heterocycles. The van der Waals surface area contributed by atoms with Crippen LogP contribution < -0.4 is 5.32 Å². The molecule has 1 aromatic heterocycles. The predicted molar refractivity (Wildman–Crippen MR) is 67.6 cm³/mol. The highest BCUT2D eigenvalue weighted by Crippen LogP contribution is 2.20. The first-order valence-corrected chi connectivity index (χ1v) is 6.20. The van der Waals surface area contributed by atoms with Crippen LogP contribution in [0.4, 0.5) is 5.69 Å². The van der Waals surface area contributed by atoms with Crippen molar-refractivity contribution in [1.29, 1.82) is 0 Å². The molecule has 1 saturated heterocycles. The van der Waals surface area contributed by atoms with E-state index < -0.39 is 0 Å². The monoisotopic (exact) mass is 219 g/mol. The van der Waals surface area contributed by atoms with E-state index >= 15 is 0 Å². The van der Waals surface area contributed by atoms with Crippen molar-refractivity contribution in [3.8, 4) is 0 Å². The van der Waals surface area contributed by atoms with Crippen LogP contribution in [0, 0.1) is 0 Å². The normalized spacial score (nSPS) is 26.6. The van der Waals surface area contributed by atoms with Gasteiger partial charge < -0.3 is 10.2 Å². The molecule has 1 N–H and O–H groups in total. The first-order valence-electron chi connectivity index (χ1n) is 6.20. The second-order valence-electron chi connectivity index (χ2n) is 4.58. The summed E-state index contributed by atoms with van der Waals surface area (Å²) in [4.78, 5) is 6.67. The second kappa shape index (κ2) is 5.30. The summed E-state index contributed by atoms with van der Waals surface area (Å²) in [6, 6.07) is 5.35. The number of likely N-dealkylation sites (tertiary alicyclic amines) is 1. The van der Waals surface area contributed by atoms with Crippen LogP contribution in [-0.4, -0.2) is 35.1 Å². The zero-order chi connectivity index (χ0) is 11.4. The van der Waals surface area contributed by atoms with Gasteiger partial charge in [0.2, 0.25) is 0 Å². The highest BCUT2D eigenvalue weighted by Gasteiger charge is 2.23. The number of rotatable bonds is 3. The first-order chi connectivity index (χ1) is 7.79. The Morgan fingerprint density at radius 3 is 3.06 bits per heavy atom. The fourth-order valence-electron chi connectivity index (χ4n) is 2.51. The highest BCUT2D eigenvalue weighted by molar-refractivity contribution is 5.40. The van der Waals surface area contributed by atoms with Crippen molar-refractivity contribution in [2.45, 2.75) is 38.8 Å². The molecule has 1 aromatic rings. The minimum atomic E-state index is 0.599. The molecule has 0 saturated carbocycles. The highest BCUT2D eigenvalue weighted by atomic mass is 15.2. The first kappa shape index (κ1) is 11.4. The van der Waals surface area contributed by atoms with Crippen LogP contribution in [0.5, 0.6) is 0 Å². The maximum absolute atomic E-state index is 4.13. The lowest BCUT2D eigenvalue weighted by atomic mass is 9.98. The van der Waals surface area contributed by atoms with Gasteiger partial charge in [-0.2, -0.15) is 0 Å². The molecule has 2 heterocycles. The average molecular weight is 219 g/mol. The number of nitrogens with one attached hydrogen (secondary N) is 1. The smallest absolute Gasteiger partial charge is 0.0528 e. The third kappa shape index (κ3) is 2.73. The Balaban J connectivity index is 1.89. The van der Waals surface area contributed by atoms with Crippen molar-refractivity contribution in [2.24, 2.45) is 0 Å². The molecule has 1 aliphatic rings. The van der Waals surface area contributed by atoms with Gasteiger partial charge in [0.05, 0.1) is 5.69 Å². The van der Waals surface area contributed by atoms with E-state index in [4.69, 9.17) is 0 Å². The van der Waals surface area contributed by atoms with E-state index in [1.54, 1.807) is 0 Å². The van der Waals surface area contributed by atoms with Gasteiger partial charge in [-0.25, -0.2) is 0 Å². The van der Waals surface area contributed by atoms with Gasteiger partial charge in [0, 0.05) is 31.0 Å². The van der Waals surface area contributed by atoms with E-state index in [-0.39, 0.29) is 0 Å². The number of aromatic nitrogens is 1. The second-order valence-corrected chi connectivity index (χ2v) is 4.58. The van der Waals surface area contributed by atoms with Crippen LogP contribution in [0.3, 0.4) is 0 Å². The van der Waals surface area contributed by atoms with Crippen LogP contribution in [0.1, 0.15) is 26.7 Å².